The van der Waals surface area contributed by atoms with Crippen molar-refractivity contribution in [1.82, 2.24) is 4.98 Å². The number of fused-ring (bicyclic) bond motifs is 1. The monoisotopic (exact) mass is 367 g/mol. The zero-order valence-corrected chi connectivity index (χ0v) is 15.6. The van der Waals surface area contributed by atoms with E-state index in [4.69, 9.17) is 4.74 Å². The molecule has 3 aromatic rings. The van der Waals surface area contributed by atoms with Gasteiger partial charge in [-0.2, -0.15) is 0 Å². The first-order valence-electron chi connectivity index (χ1n) is 8.55. The third kappa shape index (κ3) is 4.17. The molecular weight excluding hydrogens is 346 g/mol. The normalized spacial score (nSPS) is 12.1. The number of aromatic nitrogens is 1. The topological polar surface area (TPSA) is 59.2 Å². The molecule has 0 aliphatic heterocycles. The second-order valence-corrected chi connectivity index (χ2v) is 7.25. The van der Waals surface area contributed by atoms with Crippen molar-refractivity contribution in [3.8, 4) is 0 Å². The fourth-order valence-electron chi connectivity index (χ4n) is 2.88. The third-order valence-corrected chi connectivity index (χ3v) is 5.15. The predicted molar refractivity (Wildman–Crippen MR) is 105 cm³/mol. The average Bonchev–Trinajstić information content (AvgIpc) is 2.97. The molecule has 0 unspecified atom stereocenters. The van der Waals surface area contributed by atoms with Crippen molar-refractivity contribution in [2.24, 2.45) is 0 Å². The lowest BCUT2D eigenvalue weighted by atomic mass is 10.0. The summed E-state index contributed by atoms with van der Waals surface area (Å²) in [7, 11) is 0. The van der Waals surface area contributed by atoms with E-state index in [0.29, 0.717) is 11.3 Å². The fraction of sp³-hybridized carbons (Fsp3) is 0.238. The van der Waals surface area contributed by atoms with Crippen LogP contribution in [0.3, 0.4) is 0 Å². The van der Waals surface area contributed by atoms with Crippen LogP contribution in [-0.4, -0.2) is 28.6 Å². The van der Waals surface area contributed by atoms with Crippen molar-refractivity contribution in [2.45, 2.75) is 31.3 Å². The van der Waals surface area contributed by atoms with Crippen LogP contribution in [0.2, 0.25) is 0 Å². The lowest BCUT2D eigenvalue weighted by Crippen LogP contribution is -2.25. The highest BCUT2D eigenvalue weighted by molar-refractivity contribution is 7.99. The Balaban J connectivity index is 1.58. The maximum Gasteiger partial charge on any atom is 0.307 e. The number of thioether (sulfide) groups is 1. The summed E-state index contributed by atoms with van der Waals surface area (Å²) in [6, 6.07) is 17.5. The van der Waals surface area contributed by atoms with E-state index in [2.05, 4.69) is 4.98 Å². The van der Waals surface area contributed by atoms with Crippen molar-refractivity contribution in [2.75, 3.05) is 5.75 Å². The number of esters is 1. The molecule has 1 N–H and O–H groups in total. The van der Waals surface area contributed by atoms with E-state index in [1.54, 1.807) is 18.7 Å². The van der Waals surface area contributed by atoms with Crippen LogP contribution >= 0.6 is 11.8 Å². The van der Waals surface area contributed by atoms with Crippen LogP contribution in [0.15, 0.2) is 59.5 Å². The zero-order valence-electron chi connectivity index (χ0n) is 14.8. The summed E-state index contributed by atoms with van der Waals surface area (Å²) >= 11 is 1.60. The number of carbonyl (C=O) groups is 2. The molecule has 134 valence electrons. The number of ether oxygens (including phenoxy) is 1. The molecule has 0 fully saturated rings. The first-order valence-corrected chi connectivity index (χ1v) is 9.53. The zero-order chi connectivity index (χ0) is 18.5. The van der Waals surface area contributed by atoms with Crippen molar-refractivity contribution in [3.05, 3.63) is 65.9 Å². The summed E-state index contributed by atoms with van der Waals surface area (Å²) in [6.07, 6.45) is -0.536. The SMILES string of the molecule is Cc1[nH]c2ccccc2c1C(=O)[C@H](C)OC(=O)CCSc1ccccc1. The molecule has 0 radical (unpaired) electrons. The predicted octanol–water partition coefficient (Wildman–Crippen LogP) is 4.77. The van der Waals surface area contributed by atoms with Gasteiger partial charge in [-0.3, -0.25) is 9.59 Å². The van der Waals surface area contributed by atoms with E-state index in [0.717, 1.165) is 21.5 Å². The van der Waals surface area contributed by atoms with Crippen LogP contribution in [0.25, 0.3) is 10.9 Å². The molecule has 0 saturated heterocycles. The van der Waals surface area contributed by atoms with Gasteiger partial charge in [0, 0.05) is 32.8 Å². The molecule has 26 heavy (non-hydrogen) atoms. The van der Waals surface area contributed by atoms with Crippen LogP contribution in [0, 0.1) is 6.92 Å². The Hall–Kier alpha value is -2.53. The van der Waals surface area contributed by atoms with Gasteiger partial charge in [-0.05, 0) is 32.0 Å². The van der Waals surface area contributed by atoms with Crippen LogP contribution in [0.1, 0.15) is 29.4 Å². The minimum absolute atomic E-state index is 0.177. The van der Waals surface area contributed by atoms with Gasteiger partial charge in [-0.15, -0.1) is 11.8 Å². The Morgan fingerprint density at radius 2 is 1.77 bits per heavy atom. The van der Waals surface area contributed by atoms with Gasteiger partial charge in [0.1, 0.15) is 0 Å². The van der Waals surface area contributed by atoms with Gasteiger partial charge in [0.2, 0.25) is 5.78 Å². The van der Waals surface area contributed by atoms with Gasteiger partial charge in [0.15, 0.2) is 6.10 Å². The van der Waals surface area contributed by atoms with Crippen LogP contribution in [0.5, 0.6) is 0 Å². The highest BCUT2D eigenvalue weighted by atomic mass is 32.2. The second kappa shape index (κ2) is 8.23. The molecule has 0 aliphatic carbocycles. The number of ketones is 1. The first kappa shape index (κ1) is 18.3. The molecule has 0 amide bonds. The Morgan fingerprint density at radius 3 is 2.54 bits per heavy atom. The number of nitrogens with one attached hydrogen (secondary N) is 1. The lowest BCUT2D eigenvalue weighted by molar-refractivity contribution is -0.145. The smallest absolute Gasteiger partial charge is 0.307 e. The van der Waals surface area contributed by atoms with Crippen molar-refractivity contribution in [3.63, 3.8) is 0 Å². The van der Waals surface area contributed by atoms with E-state index in [-0.39, 0.29) is 18.2 Å². The summed E-state index contributed by atoms with van der Waals surface area (Å²) in [6.45, 7) is 3.49. The molecule has 0 saturated carbocycles. The number of aromatic amines is 1. The highest BCUT2D eigenvalue weighted by Gasteiger charge is 2.24. The number of hydrogen-bond acceptors (Lipinski definition) is 4. The molecular formula is C21H21NO3S. The van der Waals surface area contributed by atoms with Gasteiger partial charge in [-0.1, -0.05) is 36.4 Å². The molecule has 0 spiro atoms. The molecule has 0 aliphatic rings. The molecule has 1 atom stereocenters. The van der Waals surface area contributed by atoms with E-state index in [9.17, 15) is 9.59 Å². The second-order valence-electron chi connectivity index (χ2n) is 6.08. The summed E-state index contributed by atoms with van der Waals surface area (Å²) in [5, 5.41) is 0.859. The fourth-order valence-corrected chi connectivity index (χ4v) is 3.73. The molecule has 1 aromatic heterocycles. The Bertz CT molecular complexity index is 917. The number of H-pyrrole nitrogens is 1. The molecule has 4 nitrogen and oxygen atoms in total. The number of carbonyl (C=O) groups excluding carboxylic acids is 2. The van der Waals surface area contributed by atoms with Gasteiger partial charge < -0.3 is 9.72 Å². The summed E-state index contributed by atoms with van der Waals surface area (Å²) < 4.78 is 5.36. The molecule has 5 heteroatoms. The number of rotatable bonds is 7. The number of benzene rings is 2. The molecule has 0 bridgehead atoms. The number of aryl methyl sites for hydroxylation is 1. The number of para-hydroxylation sites is 1. The van der Waals surface area contributed by atoms with Crippen molar-refractivity contribution in [1.29, 1.82) is 0 Å². The van der Waals surface area contributed by atoms with Gasteiger partial charge >= 0.3 is 5.97 Å². The van der Waals surface area contributed by atoms with Crippen LogP contribution in [-0.2, 0) is 9.53 Å². The van der Waals surface area contributed by atoms with Gasteiger partial charge in [0.25, 0.3) is 0 Å². The van der Waals surface area contributed by atoms with Gasteiger partial charge in [0.05, 0.1) is 6.42 Å². The Labute approximate surface area is 156 Å². The Morgan fingerprint density at radius 1 is 1.08 bits per heavy atom. The largest absolute Gasteiger partial charge is 0.454 e. The van der Waals surface area contributed by atoms with E-state index < -0.39 is 6.10 Å². The van der Waals surface area contributed by atoms with Gasteiger partial charge in [-0.25, -0.2) is 0 Å². The lowest BCUT2D eigenvalue weighted by Gasteiger charge is -2.12. The standard InChI is InChI=1S/C21H21NO3S/c1-14-20(17-10-6-7-11-18(17)22-14)21(24)15(2)25-19(23)12-13-26-16-8-4-3-5-9-16/h3-11,15,22H,12-13H2,1-2H3/t15-/m0/s1. The van der Waals surface area contributed by atoms with E-state index in [1.807, 2.05) is 61.5 Å². The third-order valence-electron chi connectivity index (χ3n) is 4.14. The number of Topliss-reactive ketones (excluding diaryl/α,β-unsaturated/α-hetero) is 1. The van der Waals surface area contributed by atoms with Crippen molar-refractivity contribution >= 4 is 34.4 Å². The maximum absolute atomic E-state index is 12.8. The highest BCUT2D eigenvalue weighted by Crippen LogP contribution is 2.24. The molecule has 1 heterocycles. The average molecular weight is 367 g/mol. The number of hydrogen-bond donors (Lipinski definition) is 1. The summed E-state index contributed by atoms with van der Waals surface area (Å²) in [4.78, 5) is 29.2. The maximum atomic E-state index is 12.8. The minimum atomic E-state index is -0.804. The van der Waals surface area contributed by atoms with E-state index >= 15 is 0 Å². The molecule has 2 aromatic carbocycles. The summed E-state index contributed by atoms with van der Waals surface area (Å²) in [5.41, 5.74) is 2.30. The minimum Gasteiger partial charge on any atom is -0.454 e. The van der Waals surface area contributed by atoms with Crippen molar-refractivity contribution < 1.29 is 14.3 Å². The quantitative estimate of drug-likeness (QED) is 0.371. The van der Waals surface area contributed by atoms with Crippen LogP contribution in [0.4, 0.5) is 0 Å². The molecule has 3 rings (SSSR count). The first-order chi connectivity index (χ1) is 12.6. The summed E-state index contributed by atoms with van der Waals surface area (Å²) in [5.74, 6) is 0.0892. The van der Waals surface area contributed by atoms with Crippen LogP contribution < -0.4 is 0 Å². The van der Waals surface area contributed by atoms with E-state index in [1.165, 1.54) is 0 Å². The Kier molecular flexibility index (Phi) is 5.78.